The van der Waals surface area contributed by atoms with Gasteiger partial charge in [0.25, 0.3) is 0 Å². The molecule has 0 saturated heterocycles. The van der Waals surface area contributed by atoms with Crippen molar-refractivity contribution in [3.8, 4) is 0 Å². The molecule has 0 bridgehead atoms. The maximum atomic E-state index is 12.6. The second kappa shape index (κ2) is 57.7. The molecule has 0 radical (unpaired) electrons. The van der Waals surface area contributed by atoms with Crippen LogP contribution in [0, 0.1) is 0 Å². The van der Waals surface area contributed by atoms with Gasteiger partial charge in [0.05, 0.1) is 18.8 Å². The molecule has 0 aromatic rings. The van der Waals surface area contributed by atoms with E-state index in [-0.39, 0.29) is 0 Å². The molecule has 4 unspecified atom stereocenters. The number of rotatable bonds is 58. The molecule has 0 heterocycles. The molecule has 0 aliphatic carbocycles. The van der Waals surface area contributed by atoms with Crippen LogP contribution in [-0.4, -0.2) is 57.3 Å². The topological polar surface area (TPSA) is 110 Å². The van der Waals surface area contributed by atoms with Gasteiger partial charge in [-0.2, -0.15) is 0 Å². The van der Waals surface area contributed by atoms with E-state index in [1.807, 2.05) is 0 Å². The lowest BCUT2D eigenvalue weighted by Gasteiger charge is -2.27. The van der Waals surface area contributed by atoms with Gasteiger partial charge < -0.3 is 25.7 Å². The molecule has 4 atom stereocenters. The lowest BCUT2D eigenvalue weighted by molar-refractivity contribution is -0.132. The molecular weight excluding hydrogens is 851 g/mol. The fourth-order valence-electron chi connectivity index (χ4n) is 9.99. The molecule has 1 amide bonds. The summed E-state index contributed by atoms with van der Waals surface area (Å²) in [6.45, 7) is 4.09. The van der Waals surface area contributed by atoms with Gasteiger partial charge in [0.2, 0.25) is 5.91 Å². The number of hydrogen-bond acceptors (Lipinski definition) is 5. The predicted octanol–water partition coefficient (Wildman–Crippen LogP) is 18.6. The summed E-state index contributed by atoms with van der Waals surface area (Å²) in [5.41, 5.74) is 0. The maximum Gasteiger partial charge on any atom is 0.249 e. The molecule has 0 aromatic heterocycles. The summed E-state index contributed by atoms with van der Waals surface area (Å²) in [7, 11) is 0. The number of aliphatic hydroxyl groups excluding tert-OH is 4. The minimum absolute atomic E-state index is 0.358. The van der Waals surface area contributed by atoms with Crippen molar-refractivity contribution in [1.29, 1.82) is 0 Å². The first-order valence-corrected chi connectivity index (χ1v) is 31.2. The standard InChI is InChI=1S/C63H123NO5/c1-3-5-7-9-11-13-15-17-19-21-23-25-27-28-29-30-31-32-33-34-35-37-38-40-42-44-46-48-50-52-54-56-60(66)62(68)59(58-65)64-63(69)61(67)57-55-53-51-49-47-45-43-41-39-36-26-24-22-20-18-16-14-12-10-8-6-4-2/h39,41,48,50,59-62,65-68H,3-38,40,42-47,49,51-58H2,1-2H3,(H,64,69)/b41-39-,50-48+. The summed E-state index contributed by atoms with van der Waals surface area (Å²) in [5, 5.41) is 44.1. The Kier molecular flexibility index (Phi) is 56.7. The molecule has 69 heavy (non-hydrogen) atoms. The van der Waals surface area contributed by atoms with Crippen LogP contribution in [0.3, 0.4) is 0 Å². The number of hydrogen-bond donors (Lipinski definition) is 5. The van der Waals surface area contributed by atoms with Gasteiger partial charge in [-0.05, 0) is 64.2 Å². The highest BCUT2D eigenvalue weighted by atomic mass is 16.3. The van der Waals surface area contributed by atoms with Gasteiger partial charge in [-0.15, -0.1) is 0 Å². The Hall–Kier alpha value is -1.21. The second-order valence-electron chi connectivity index (χ2n) is 21.7. The van der Waals surface area contributed by atoms with Gasteiger partial charge in [0.1, 0.15) is 12.2 Å². The summed E-state index contributed by atoms with van der Waals surface area (Å²) in [6.07, 6.45) is 71.3. The minimum atomic E-state index is -1.28. The van der Waals surface area contributed by atoms with E-state index in [0.717, 1.165) is 44.9 Å². The first kappa shape index (κ1) is 67.8. The van der Waals surface area contributed by atoms with Gasteiger partial charge in [0.15, 0.2) is 0 Å². The normalized spacial score (nSPS) is 13.8. The number of allylic oxidation sites excluding steroid dienone is 4. The van der Waals surface area contributed by atoms with Crippen molar-refractivity contribution >= 4 is 5.91 Å². The largest absolute Gasteiger partial charge is 0.394 e. The van der Waals surface area contributed by atoms with Crippen molar-refractivity contribution in [2.24, 2.45) is 0 Å². The molecule has 6 heteroatoms. The first-order chi connectivity index (χ1) is 34.0. The summed E-state index contributed by atoms with van der Waals surface area (Å²) in [5.74, 6) is -0.593. The van der Waals surface area contributed by atoms with E-state index in [1.54, 1.807) is 0 Å². The molecule has 0 fully saturated rings. The highest BCUT2D eigenvalue weighted by Gasteiger charge is 2.28. The third-order valence-electron chi connectivity index (χ3n) is 14.9. The lowest BCUT2D eigenvalue weighted by atomic mass is 10.00. The number of carbonyl (C=O) groups excluding carboxylic acids is 1. The quantitative estimate of drug-likeness (QED) is 0.0308. The van der Waals surface area contributed by atoms with Gasteiger partial charge in [0, 0.05) is 0 Å². The summed E-state index contributed by atoms with van der Waals surface area (Å²) >= 11 is 0. The average Bonchev–Trinajstić information content (AvgIpc) is 3.35. The average molecular weight is 975 g/mol. The van der Waals surface area contributed by atoms with E-state index >= 15 is 0 Å². The fourth-order valence-corrected chi connectivity index (χ4v) is 9.99. The Morgan fingerprint density at radius 3 is 0.870 bits per heavy atom. The highest BCUT2D eigenvalue weighted by molar-refractivity contribution is 5.80. The summed E-state index contributed by atoms with van der Waals surface area (Å²) in [4.78, 5) is 12.6. The predicted molar refractivity (Wildman–Crippen MR) is 302 cm³/mol. The molecule has 0 rings (SSSR count). The van der Waals surface area contributed by atoms with Gasteiger partial charge in [-0.1, -0.05) is 301 Å². The molecule has 410 valence electrons. The summed E-state index contributed by atoms with van der Waals surface area (Å²) in [6, 6.07) is -1.00. The molecule has 5 N–H and O–H groups in total. The van der Waals surface area contributed by atoms with E-state index in [4.69, 9.17) is 0 Å². The third kappa shape index (κ3) is 51.5. The van der Waals surface area contributed by atoms with E-state index in [2.05, 4.69) is 43.5 Å². The molecule has 6 nitrogen and oxygen atoms in total. The molecular formula is C63H123NO5. The Balaban J connectivity index is 3.60. The van der Waals surface area contributed by atoms with Crippen molar-refractivity contribution in [3.63, 3.8) is 0 Å². The molecule has 0 saturated carbocycles. The van der Waals surface area contributed by atoms with Crippen molar-refractivity contribution in [2.75, 3.05) is 6.61 Å². The monoisotopic (exact) mass is 974 g/mol. The van der Waals surface area contributed by atoms with Crippen molar-refractivity contribution < 1.29 is 25.2 Å². The fraction of sp³-hybridized carbons (Fsp3) is 0.921. The van der Waals surface area contributed by atoms with Crippen molar-refractivity contribution in [3.05, 3.63) is 24.3 Å². The molecule has 0 spiro atoms. The van der Waals surface area contributed by atoms with Crippen molar-refractivity contribution in [2.45, 2.75) is 366 Å². The van der Waals surface area contributed by atoms with Crippen LogP contribution in [0.15, 0.2) is 24.3 Å². The SMILES string of the molecule is CCCCCCCCCCCCCC/C=C\CCCCCCCCC(O)C(=O)NC(CO)C(O)C(O)CCC/C=C/CCCCCCCCCCCCCCCCCCCCCCCCCCCC. The number of carbonyl (C=O) groups is 1. The number of unbranched alkanes of at least 4 members (excludes halogenated alkanes) is 45. The zero-order valence-corrected chi connectivity index (χ0v) is 46.6. The zero-order chi connectivity index (χ0) is 50.2. The molecule has 0 aromatic carbocycles. The summed E-state index contributed by atoms with van der Waals surface area (Å²) < 4.78 is 0. The van der Waals surface area contributed by atoms with E-state index in [1.165, 1.54) is 270 Å². The van der Waals surface area contributed by atoms with Gasteiger partial charge >= 0.3 is 0 Å². The third-order valence-corrected chi connectivity index (χ3v) is 14.9. The Morgan fingerprint density at radius 2 is 0.594 bits per heavy atom. The highest BCUT2D eigenvalue weighted by Crippen LogP contribution is 2.18. The minimum Gasteiger partial charge on any atom is -0.394 e. The van der Waals surface area contributed by atoms with E-state index in [0.29, 0.717) is 12.8 Å². The Bertz CT molecular complexity index is 1050. The van der Waals surface area contributed by atoms with Crippen molar-refractivity contribution in [1.82, 2.24) is 5.32 Å². The van der Waals surface area contributed by atoms with Crippen LogP contribution in [0.1, 0.15) is 341 Å². The Labute approximate surface area is 431 Å². The van der Waals surface area contributed by atoms with Crippen LogP contribution in [-0.2, 0) is 4.79 Å². The van der Waals surface area contributed by atoms with Gasteiger partial charge in [-0.3, -0.25) is 4.79 Å². The first-order valence-electron chi connectivity index (χ1n) is 31.2. The smallest absolute Gasteiger partial charge is 0.249 e. The van der Waals surface area contributed by atoms with Crippen LogP contribution in [0.4, 0.5) is 0 Å². The number of nitrogens with one attached hydrogen (secondary N) is 1. The van der Waals surface area contributed by atoms with Crippen LogP contribution < -0.4 is 5.32 Å². The molecule has 0 aliphatic heterocycles. The van der Waals surface area contributed by atoms with Crippen LogP contribution in [0.25, 0.3) is 0 Å². The van der Waals surface area contributed by atoms with E-state index in [9.17, 15) is 25.2 Å². The maximum absolute atomic E-state index is 12.6. The van der Waals surface area contributed by atoms with Gasteiger partial charge in [-0.25, -0.2) is 0 Å². The van der Waals surface area contributed by atoms with E-state index < -0.39 is 36.9 Å². The van der Waals surface area contributed by atoms with Crippen LogP contribution in [0.5, 0.6) is 0 Å². The lowest BCUT2D eigenvalue weighted by Crippen LogP contribution is -2.53. The van der Waals surface area contributed by atoms with Crippen LogP contribution in [0.2, 0.25) is 0 Å². The second-order valence-corrected chi connectivity index (χ2v) is 21.7. The number of aliphatic hydroxyl groups is 4. The zero-order valence-electron chi connectivity index (χ0n) is 46.6. The van der Waals surface area contributed by atoms with Crippen LogP contribution >= 0.6 is 0 Å². The Morgan fingerprint density at radius 1 is 0.348 bits per heavy atom. The number of amides is 1. The molecule has 0 aliphatic rings.